The Labute approximate surface area is 230 Å². The molecular weight excluding hydrogens is 502 g/mol. The van der Waals surface area contributed by atoms with Gasteiger partial charge in [0, 0.05) is 18.3 Å². The Morgan fingerprint density at radius 2 is 1.72 bits per heavy atom. The fourth-order valence-electron chi connectivity index (χ4n) is 8.35. The third-order valence-corrected chi connectivity index (χ3v) is 10.7. The second-order valence-corrected chi connectivity index (χ2v) is 13.0. The number of aliphatic hydroxyl groups is 1. The summed E-state index contributed by atoms with van der Waals surface area (Å²) < 4.78 is 5.18. The van der Waals surface area contributed by atoms with Gasteiger partial charge in [-0.25, -0.2) is 4.79 Å². The smallest absolute Gasteiger partial charge is 0.326 e. The standard InChI is InChI=1S/C30H43NO8/c1-17(2)26(27(36)37)31-24(34)7-8-25(35)39-16-23(33)30(38)14-11-22-20-6-5-18-15-19(32)9-12-28(18,3)21(20)10-13-29(22,30)4/h15,17,20-22,26,38H,5-14,16H2,1-4H3,(H,31,34)(H,36,37)/t20-,21+,22+,26+,28+,29+,30+/m1/s1. The average molecular weight is 546 g/mol. The van der Waals surface area contributed by atoms with E-state index in [4.69, 9.17) is 4.74 Å². The predicted molar refractivity (Wildman–Crippen MR) is 141 cm³/mol. The molecule has 1 amide bonds. The van der Waals surface area contributed by atoms with Gasteiger partial charge in [0.1, 0.15) is 11.6 Å². The van der Waals surface area contributed by atoms with Crippen molar-refractivity contribution in [1.82, 2.24) is 5.32 Å². The van der Waals surface area contributed by atoms with Gasteiger partial charge in [0.15, 0.2) is 12.4 Å². The molecule has 0 heterocycles. The Balaban J connectivity index is 1.34. The maximum absolute atomic E-state index is 13.3. The first kappa shape index (κ1) is 29.4. The number of hydrogen-bond acceptors (Lipinski definition) is 7. The number of carboxylic acids is 1. The zero-order chi connectivity index (χ0) is 28.8. The molecule has 0 aliphatic heterocycles. The minimum atomic E-state index is -1.58. The first-order valence-electron chi connectivity index (χ1n) is 14.4. The molecule has 216 valence electrons. The molecule has 4 aliphatic carbocycles. The van der Waals surface area contributed by atoms with E-state index in [2.05, 4.69) is 12.2 Å². The van der Waals surface area contributed by atoms with E-state index in [0.717, 1.165) is 32.1 Å². The van der Waals surface area contributed by atoms with Crippen molar-refractivity contribution in [3.8, 4) is 0 Å². The molecule has 0 spiro atoms. The lowest BCUT2D eigenvalue weighted by Crippen LogP contribution is -2.58. The Bertz CT molecular complexity index is 1080. The second-order valence-electron chi connectivity index (χ2n) is 13.0. The number of carbonyl (C=O) groups excluding carboxylic acids is 4. The highest BCUT2D eigenvalue weighted by Gasteiger charge is 2.66. The summed E-state index contributed by atoms with van der Waals surface area (Å²) in [6.45, 7) is 7.10. The van der Waals surface area contributed by atoms with Crippen LogP contribution in [0.15, 0.2) is 11.6 Å². The highest BCUT2D eigenvalue weighted by Crippen LogP contribution is 2.67. The number of rotatable bonds is 9. The summed E-state index contributed by atoms with van der Waals surface area (Å²) >= 11 is 0. The van der Waals surface area contributed by atoms with Gasteiger partial charge in [0.25, 0.3) is 0 Å². The van der Waals surface area contributed by atoms with Crippen molar-refractivity contribution in [2.24, 2.45) is 34.5 Å². The van der Waals surface area contributed by atoms with Crippen molar-refractivity contribution in [2.75, 3.05) is 6.61 Å². The molecule has 4 rings (SSSR count). The van der Waals surface area contributed by atoms with Crippen LogP contribution in [0.25, 0.3) is 0 Å². The van der Waals surface area contributed by atoms with Crippen molar-refractivity contribution in [3.63, 3.8) is 0 Å². The van der Waals surface area contributed by atoms with Crippen LogP contribution in [0.5, 0.6) is 0 Å². The largest absolute Gasteiger partial charge is 0.480 e. The van der Waals surface area contributed by atoms with Crippen molar-refractivity contribution in [3.05, 3.63) is 11.6 Å². The van der Waals surface area contributed by atoms with E-state index in [1.54, 1.807) is 13.8 Å². The quantitative estimate of drug-likeness (QED) is 0.374. The van der Waals surface area contributed by atoms with E-state index in [1.807, 2.05) is 13.0 Å². The number of Topliss-reactive ketones (excluding diaryl/α,β-unsaturated/α-hetero) is 1. The summed E-state index contributed by atoms with van der Waals surface area (Å²) in [6, 6.07) is -1.05. The van der Waals surface area contributed by atoms with Crippen molar-refractivity contribution >= 4 is 29.4 Å². The summed E-state index contributed by atoms with van der Waals surface area (Å²) in [4.78, 5) is 61.0. The van der Waals surface area contributed by atoms with Gasteiger partial charge in [-0.2, -0.15) is 0 Å². The van der Waals surface area contributed by atoms with Crippen LogP contribution in [0.4, 0.5) is 0 Å². The maximum Gasteiger partial charge on any atom is 0.326 e. The number of hydrogen-bond donors (Lipinski definition) is 3. The van der Waals surface area contributed by atoms with E-state index in [1.165, 1.54) is 5.57 Å². The van der Waals surface area contributed by atoms with Gasteiger partial charge in [-0.1, -0.05) is 33.3 Å². The molecule has 0 radical (unpaired) electrons. The highest BCUT2D eigenvalue weighted by molar-refractivity contribution is 5.92. The van der Waals surface area contributed by atoms with Crippen molar-refractivity contribution < 1.29 is 38.9 Å². The SMILES string of the molecule is CC(C)[C@H](NC(=O)CCC(=O)OCC(=O)[C@@]1(O)CC[C@H]2[C@@H]3CCC4=CC(=O)CC[C@]4(C)[C@H]3CC[C@@]21C)C(=O)O. The number of carbonyl (C=O) groups is 5. The Morgan fingerprint density at radius 1 is 1.03 bits per heavy atom. The zero-order valence-electron chi connectivity index (χ0n) is 23.6. The highest BCUT2D eigenvalue weighted by atomic mass is 16.5. The predicted octanol–water partition coefficient (Wildman–Crippen LogP) is 3.37. The lowest BCUT2D eigenvalue weighted by Gasteiger charge is -2.58. The van der Waals surface area contributed by atoms with Gasteiger partial charge >= 0.3 is 11.9 Å². The number of nitrogens with one attached hydrogen (secondary N) is 1. The lowest BCUT2D eigenvalue weighted by molar-refractivity contribution is -0.170. The normalized spacial score (nSPS) is 36.2. The molecule has 3 fully saturated rings. The summed E-state index contributed by atoms with van der Waals surface area (Å²) in [6.07, 6.45) is 7.28. The third kappa shape index (κ3) is 5.19. The fourth-order valence-corrected chi connectivity index (χ4v) is 8.35. The van der Waals surface area contributed by atoms with Crippen LogP contribution in [0.3, 0.4) is 0 Å². The summed E-state index contributed by atoms with van der Waals surface area (Å²) in [5, 5.41) is 23.3. The third-order valence-electron chi connectivity index (χ3n) is 10.7. The van der Waals surface area contributed by atoms with Gasteiger partial charge in [-0.3, -0.25) is 19.2 Å². The average Bonchev–Trinajstić information content (AvgIpc) is 3.16. The van der Waals surface area contributed by atoms with Crippen LogP contribution in [0.1, 0.15) is 91.9 Å². The molecule has 9 heteroatoms. The molecule has 3 saturated carbocycles. The molecule has 3 N–H and O–H groups in total. The number of ether oxygens (including phenoxy) is 1. The summed E-state index contributed by atoms with van der Waals surface area (Å²) in [5.41, 5.74) is -0.908. The number of ketones is 2. The monoisotopic (exact) mass is 545 g/mol. The first-order chi connectivity index (χ1) is 18.2. The van der Waals surface area contributed by atoms with Crippen LogP contribution >= 0.6 is 0 Å². The minimum absolute atomic E-state index is 0.00431. The summed E-state index contributed by atoms with van der Waals surface area (Å²) in [7, 11) is 0. The number of amides is 1. The minimum Gasteiger partial charge on any atom is -0.480 e. The first-order valence-corrected chi connectivity index (χ1v) is 14.4. The number of esters is 1. The number of aliphatic carboxylic acids is 1. The van der Waals surface area contributed by atoms with E-state index in [0.29, 0.717) is 31.1 Å². The Kier molecular flexibility index (Phi) is 8.14. The van der Waals surface area contributed by atoms with E-state index >= 15 is 0 Å². The Morgan fingerprint density at radius 3 is 2.38 bits per heavy atom. The van der Waals surface area contributed by atoms with Crippen molar-refractivity contribution in [2.45, 2.75) is 104 Å². The number of allylic oxidation sites excluding steroid dienone is 1. The molecule has 7 atom stereocenters. The number of carboxylic acid groups (broad SMARTS) is 1. The molecule has 0 unspecified atom stereocenters. The molecule has 0 bridgehead atoms. The van der Waals surface area contributed by atoms with Gasteiger partial charge < -0.3 is 20.3 Å². The maximum atomic E-state index is 13.3. The number of fused-ring (bicyclic) bond motifs is 5. The van der Waals surface area contributed by atoms with E-state index in [-0.39, 0.29) is 35.9 Å². The van der Waals surface area contributed by atoms with Gasteiger partial charge in [0.05, 0.1) is 6.42 Å². The van der Waals surface area contributed by atoms with Crippen LogP contribution in [0.2, 0.25) is 0 Å². The van der Waals surface area contributed by atoms with Crippen LogP contribution < -0.4 is 5.32 Å². The molecule has 4 aliphatic rings. The molecule has 39 heavy (non-hydrogen) atoms. The molecule has 0 aromatic rings. The van der Waals surface area contributed by atoms with Gasteiger partial charge in [-0.15, -0.1) is 0 Å². The molecule has 0 saturated heterocycles. The molecule has 9 nitrogen and oxygen atoms in total. The van der Waals surface area contributed by atoms with E-state index in [9.17, 15) is 34.2 Å². The van der Waals surface area contributed by atoms with Crippen LogP contribution in [-0.2, 0) is 28.7 Å². The van der Waals surface area contributed by atoms with Crippen molar-refractivity contribution in [1.29, 1.82) is 0 Å². The van der Waals surface area contributed by atoms with E-state index < -0.39 is 47.3 Å². The van der Waals surface area contributed by atoms with Crippen LogP contribution in [-0.4, -0.2) is 57.9 Å². The van der Waals surface area contributed by atoms with Gasteiger partial charge in [0.2, 0.25) is 11.7 Å². The summed E-state index contributed by atoms with van der Waals surface area (Å²) in [5.74, 6) is -2.07. The molecular formula is C30H43NO8. The van der Waals surface area contributed by atoms with Crippen LogP contribution in [0, 0.1) is 34.5 Å². The second kappa shape index (κ2) is 10.8. The molecule has 0 aromatic carbocycles. The fraction of sp³-hybridized carbons (Fsp3) is 0.767. The topological polar surface area (TPSA) is 147 Å². The lowest BCUT2D eigenvalue weighted by atomic mass is 9.46. The van der Waals surface area contributed by atoms with Gasteiger partial charge in [-0.05, 0) is 80.1 Å². The molecule has 0 aromatic heterocycles. The zero-order valence-corrected chi connectivity index (χ0v) is 23.6. The Hall–Kier alpha value is -2.55.